The van der Waals surface area contributed by atoms with Gasteiger partial charge in [-0.15, -0.1) is 0 Å². The molecule has 0 saturated heterocycles. The van der Waals surface area contributed by atoms with Gasteiger partial charge in [0.15, 0.2) is 0 Å². The average molecular weight is 242 g/mol. The van der Waals surface area contributed by atoms with Gasteiger partial charge in [-0.2, -0.15) is 0 Å². The molecule has 1 aliphatic carbocycles. The van der Waals surface area contributed by atoms with Crippen LogP contribution in [0, 0.1) is 0 Å². The molecule has 1 aliphatic rings. The second-order valence-corrected chi connectivity index (χ2v) is 4.99. The standard InChI is InChI=1S/C15H18N2O/c1-2-17-10-9-16-14(17)11-15(18)8-7-12-5-3-4-6-13(12)15/h3-6,9-10,18H,2,7-8,11H2,1H3. The topological polar surface area (TPSA) is 38.0 Å². The molecule has 0 aliphatic heterocycles. The first-order valence-electron chi connectivity index (χ1n) is 6.54. The predicted molar refractivity (Wildman–Crippen MR) is 70.3 cm³/mol. The summed E-state index contributed by atoms with van der Waals surface area (Å²) in [4.78, 5) is 4.37. The molecule has 0 fully saturated rings. The van der Waals surface area contributed by atoms with Crippen molar-refractivity contribution in [2.24, 2.45) is 0 Å². The number of benzene rings is 1. The first kappa shape index (κ1) is 11.5. The van der Waals surface area contributed by atoms with Crippen LogP contribution in [-0.4, -0.2) is 14.7 Å². The molecule has 3 heteroatoms. The lowest BCUT2D eigenvalue weighted by molar-refractivity contribution is 0.0361. The third kappa shape index (κ3) is 1.75. The fraction of sp³-hybridized carbons (Fsp3) is 0.400. The highest BCUT2D eigenvalue weighted by Crippen LogP contribution is 2.38. The number of rotatable bonds is 3. The molecule has 1 N–H and O–H groups in total. The molecule has 0 saturated carbocycles. The number of imidazole rings is 1. The third-order valence-electron chi connectivity index (χ3n) is 3.92. The van der Waals surface area contributed by atoms with E-state index in [1.54, 1.807) is 0 Å². The molecular formula is C15H18N2O. The van der Waals surface area contributed by atoms with Crippen molar-refractivity contribution in [3.05, 3.63) is 53.6 Å². The van der Waals surface area contributed by atoms with Crippen molar-refractivity contribution in [2.75, 3.05) is 0 Å². The highest BCUT2D eigenvalue weighted by molar-refractivity contribution is 5.37. The molecule has 0 amide bonds. The first-order chi connectivity index (χ1) is 8.73. The summed E-state index contributed by atoms with van der Waals surface area (Å²) in [6.45, 7) is 2.99. The zero-order valence-corrected chi connectivity index (χ0v) is 10.6. The molecule has 1 atom stereocenters. The van der Waals surface area contributed by atoms with E-state index in [1.165, 1.54) is 5.56 Å². The van der Waals surface area contributed by atoms with E-state index in [2.05, 4.69) is 22.5 Å². The van der Waals surface area contributed by atoms with Crippen molar-refractivity contribution in [2.45, 2.75) is 38.3 Å². The molecule has 3 rings (SSSR count). The monoisotopic (exact) mass is 242 g/mol. The molecule has 3 nitrogen and oxygen atoms in total. The lowest BCUT2D eigenvalue weighted by Gasteiger charge is -2.24. The van der Waals surface area contributed by atoms with Gasteiger partial charge >= 0.3 is 0 Å². The van der Waals surface area contributed by atoms with Crippen LogP contribution in [-0.2, 0) is 25.0 Å². The minimum atomic E-state index is -0.741. The predicted octanol–water partition coefficient (Wildman–Crippen LogP) is 2.28. The molecule has 1 aromatic heterocycles. The quantitative estimate of drug-likeness (QED) is 0.896. The van der Waals surface area contributed by atoms with Gasteiger partial charge in [-0.05, 0) is 30.9 Å². The summed E-state index contributed by atoms with van der Waals surface area (Å²) in [7, 11) is 0. The van der Waals surface area contributed by atoms with Gasteiger partial charge in [-0.1, -0.05) is 24.3 Å². The van der Waals surface area contributed by atoms with E-state index in [-0.39, 0.29) is 0 Å². The summed E-state index contributed by atoms with van der Waals surface area (Å²) >= 11 is 0. The number of hydrogen-bond acceptors (Lipinski definition) is 2. The zero-order chi connectivity index (χ0) is 12.6. The Morgan fingerprint density at radius 2 is 2.22 bits per heavy atom. The second-order valence-electron chi connectivity index (χ2n) is 4.99. The number of fused-ring (bicyclic) bond motifs is 1. The van der Waals surface area contributed by atoms with Gasteiger partial charge < -0.3 is 9.67 Å². The third-order valence-corrected chi connectivity index (χ3v) is 3.92. The van der Waals surface area contributed by atoms with Gasteiger partial charge in [0.25, 0.3) is 0 Å². The van der Waals surface area contributed by atoms with Crippen molar-refractivity contribution in [3.8, 4) is 0 Å². The number of aryl methyl sites for hydroxylation is 2. The Labute approximate surface area is 107 Å². The Balaban J connectivity index is 1.94. The van der Waals surface area contributed by atoms with Crippen LogP contribution < -0.4 is 0 Å². The highest BCUT2D eigenvalue weighted by atomic mass is 16.3. The molecule has 94 valence electrons. The van der Waals surface area contributed by atoms with E-state index in [9.17, 15) is 5.11 Å². The fourth-order valence-corrected chi connectivity index (χ4v) is 2.91. The maximum Gasteiger partial charge on any atom is 0.111 e. The maximum atomic E-state index is 10.9. The van der Waals surface area contributed by atoms with Gasteiger partial charge in [0.05, 0.1) is 5.60 Å². The summed E-state index contributed by atoms with van der Waals surface area (Å²) in [6.07, 6.45) is 6.13. The second kappa shape index (κ2) is 4.25. The minimum Gasteiger partial charge on any atom is -0.385 e. The summed E-state index contributed by atoms with van der Waals surface area (Å²) in [5.41, 5.74) is 1.61. The van der Waals surface area contributed by atoms with Crippen molar-refractivity contribution in [1.82, 2.24) is 9.55 Å². The van der Waals surface area contributed by atoms with Crippen LogP contribution >= 0.6 is 0 Å². The van der Waals surface area contributed by atoms with Crippen LogP contribution in [0.5, 0.6) is 0 Å². The van der Waals surface area contributed by atoms with Gasteiger partial charge in [0.1, 0.15) is 5.82 Å². The van der Waals surface area contributed by atoms with E-state index < -0.39 is 5.60 Å². The number of aliphatic hydroxyl groups is 1. The molecule has 0 radical (unpaired) electrons. The minimum absolute atomic E-state index is 0.602. The normalized spacial score (nSPS) is 22.1. The van der Waals surface area contributed by atoms with Crippen LogP contribution in [0.25, 0.3) is 0 Å². The molecule has 1 heterocycles. The van der Waals surface area contributed by atoms with Crippen LogP contribution in [0.3, 0.4) is 0 Å². The van der Waals surface area contributed by atoms with E-state index in [4.69, 9.17) is 0 Å². The molecule has 0 spiro atoms. The van der Waals surface area contributed by atoms with Gasteiger partial charge in [0, 0.05) is 25.4 Å². The smallest absolute Gasteiger partial charge is 0.111 e. The Morgan fingerprint density at radius 1 is 1.39 bits per heavy atom. The van der Waals surface area contributed by atoms with Gasteiger partial charge in [-0.25, -0.2) is 4.98 Å². The summed E-state index contributed by atoms with van der Waals surface area (Å²) in [5, 5.41) is 10.9. The Bertz CT molecular complexity index is 561. The van der Waals surface area contributed by atoms with Crippen molar-refractivity contribution >= 4 is 0 Å². The highest BCUT2D eigenvalue weighted by Gasteiger charge is 2.37. The molecule has 1 unspecified atom stereocenters. The number of hydrogen-bond donors (Lipinski definition) is 1. The van der Waals surface area contributed by atoms with E-state index >= 15 is 0 Å². The van der Waals surface area contributed by atoms with Crippen molar-refractivity contribution in [1.29, 1.82) is 0 Å². The number of aromatic nitrogens is 2. The van der Waals surface area contributed by atoms with Gasteiger partial charge in [-0.3, -0.25) is 0 Å². The van der Waals surface area contributed by atoms with Crippen LogP contribution in [0.4, 0.5) is 0 Å². The molecule has 0 bridgehead atoms. The van der Waals surface area contributed by atoms with Crippen LogP contribution in [0.15, 0.2) is 36.7 Å². The number of nitrogens with zero attached hydrogens (tertiary/aromatic N) is 2. The Kier molecular flexibility index (Phi) is 2.71. The van der Waals surface area contributed by atoms with Crippen molar-refractivity contribution in [3.63, 3.8) is 0 Å². The van der Waals surface area contributed by atoms with E-state index in [0.717, 1.165) is 30.8 Å². The SMILES string of the molecule is CCn1ccnc1CC1(O)CCc2ccccc21. The maximum absolute atomic E-state index is 10.9. The first-order valence-corrected chi connectivity index (χ1v) is 6.54. The van der Waals surface area contributed by atoms with Crippen LogP contribution in [0.2, 0.25) is 0 Å². The summed E-state index contributed by atoms with van der Waals surface area (Å²) in [5.74, 6) is 0.969. The zero-order valence-electron chi connectivity index (χ0n) is 10.6. The molecule has 18 heavy (non-hydrogen) atoms. The van der Waals surface area contributed by atoms with Crippen LogP contribution in [0.1, 0.15) is 30.3 Å². The lowest BCUT2D eigenvalue weighted by atomic mass is 9.92. The van der Waals surface area contributed by atoms with Gasteiger partial charge in [0.2, 0.25) is 0 Å². The summed E-state index contributed by atoms with van der Waals surface area (Å²) in [6, 6.07) is 8.19. The average Bonchev–Trinajstić information content (AvgIpc) is 2.96. The fourth-order valence-electron chi connectivity index (χ4n) is 2.91. The largest absolute Gasteiger partial charge is 0.385 e. The molecule has 2 aromatic rings. The lowest BCUT2D eigenvalue weighted by Crippen LogP contribution is -2.27. The molecule has 1 aromatic carbocycles. The van der Waals surface area contributed by atoms with Crippen molar-refractivity contribution < 1.29 is 5.11 Å². The molecular weight excluding hydrogens is 224 g/mol. The Hall–Kier alpha value is -1.61. The Morgan fingerprint density at radius 3 is 3.06 bits per heavy atom. The van der Waals surface area contributed by atoms with E-state index in [0.29, 0.717) is 6.42 Å². The summed E-state index contributed by atoms with van der Waals surface area (Å²) < 4.78 is 2.10. The van der Waals surface area contributed by atoms with E-state index in [1.807, 2.05) is 30.6 Å².